The Hall–Kier alpha value is -2.93. The van der Waals surface area contributed by atoms with Crippen molar-refractivity contribution in [1.82, 2.24) is 5.32 Å². The Balaban J connectivity index is 1.57. The third-order valence-corrected chi connectivity index (χ3v) is 4.64. The van der Waals surface area contributed by atoms with Crippen molar-refractivity contribution in [3.8, 4) is 17.2 Å². The number of hydrogen-bond donors (Lipinski definition) is 1. The molecule has 0 saturated carbocycles. The Morgan fingerprint density at radius 2 is 2.08 bits per heavy atom. The van der Waals surface area contributed by atoms with Gasteiger partial charge < -0.3 is 19.5 Å². The monoisotopic (exact) mass is 368 g/mol. The summed E-state index contributed by atoms with van der Waals surface area (Å²) in [6.07, 6.45) is 1.80. The van der Waals surface area contributed by atoms with Crippen LogP contribution < -0.4 is 19.5 Å². The lowest BCUT2D eigenvalue weighted by atomic mass is 10.2. The first-order chi connectivity index (χ1) is 12.7. The highest BCUT2D eigenvalue weighted by molar-refractivity contribution is 8.18. The van der Waals surface area contributed by atoms with Crippen LogP contribution in [0.1, 0.15) is 12.5 Å². The molecule has 7 heteroatoms. The van der Waals surface area contributed by atoms with Crippen LogP contribution in [0.5, 0.6) is 17.2 Å². The Morgan fingerprint density at radius 1 is 1.23 bits per heavy atom. The lowest BCUT2D eigenvalue weighted by molar-refractivity contribution is -0.115. The quantitative estimate of drug-likeness (QED) is 0.834. The van der Waals surface area contributed by atoms with Crippen LogP contribution in [-0.4, -0.2) is 24.5 Å². The first kappa shape index (κ1) is 16.5. The van der Waals surface area contributed by atoms with E-state index < -0.39 is 0 Å². The van der Waals surface area contributed by atoms with Gasteiger partial charge in [0.25, 0.3) is 5.91 Å². The number of para-hydroxylation sites is 2. The van der Waals surface area contributed by atoms with Crippen molar-refractivity contribution in [2.24, 2.45) is 4.99 Å². The van der Waals surface area contributed by atoms with E-state index >= 15 is 0 Å². The molecule has 0 spiro atoms. The fraction of sp³-hybridized carbons (Fsp3) is 0.158. The third kappa shape index (κ3) is 3.39. The number of benzene rings is 2. The summed E-state index contributed by atoms with van der Waals surface area (Å²) in [6.45, 7) is 2.69. The fourth-order valence-electron chi connectivity index (χ4n) is 2.57. The number of aliphatic imine (C=N–C) groups is 1. The lowest BCUT2D eigenvalue weighted by Gasteiger charge is -2.06. The lowest BCUT2D eigenvalue weighted by Crippen LogP contribution is -2.19. The smallest absolute Gasteiger partial charge is 0.264 e. The zero-order chi connectivity index (χ0) is 17.9. The van der Waals surface area contributed by atoms with Gasteiger partial charge in [-0.3, -0.25) is 4.79 Å². The topological polar surface area (TPSA) is 69.2 Å². The second-order valence-electron chi connectivity index (χ2n) is 5.50. The standard InChI is InChI=1S/C19H16N2O4S/c1-2-23-14-6-4-3-5-13(14)20-19-21-18(22)17(26-19)10-12-7-8-15-16(9-12)25-11-24-15/h3-10H,2,11H2,1H3,(H,20,21,22)/b17-10-. The average molecular weight is 368 g/mol. The van der Waals surface area contributed by atoms with Crippen LogP contribution in [0.25, 0.3) is 6.08 Å². The van der Waals surface area contributed by atoms with Gasteiger partial charge in [0.2, 0.25) is 6.79 Å². The summed E-state index contributed by atoms with van der Waals surface area (Å²) < 4.78 is 16.2. The van der Waals surface area contributed by atoms with Crippen molar-refractivity contribution in [3.63, 3.8) is 0 Å². The second kappa shape index (κ2) is 7.13. The van der Waals surface area contributed by atoms with Gasteiger partial charge in [-0.05, 0) is 54.6 Å². The molecular formula is C19H16N2O4S. The van der Waals surface area contributed by atoms with Gasteiger partial charge in [-0.15, -0.1) is 0 Å². The number of thioether (sulfide) groups is 1. The van der Waals surface area contributed by atoms with E-state index in [1.807, 2.05) is 49.4 Å². The highest BCUT2D eigenvalue weighted by Crippen LogP contribution is 2.35. The van der Waals surface area contributed by atoms with E-state index in [1.54, 1.807) is 6.08 Å². The van der Waals surface area contributed by atoms with Crippen LogP contribution in [0.15, 0.2) is 52.4 Å². The number of rotatable bonds is 4. The predicted molar refractivity (Wildman–Crippen MR) is 101 cm³/mol. The normalized spacial score (nSPS) is 18.4. The molecule has 6 nitrogen and oxygen atoms in total. The highest BCUT2D eigenvalue weighted by atomic mass is 32.2. The maximum absolute atomic E-state index is 12.3. The summed E-state index contributed by atoms with van der Waals surface area (Å²) in [4.78, 5) is 17.3. The molecule has 1 N–H and O–H groups in total. The number of hydrogen-bond acceptors (Lipinski definition) is 6. The number of fused-ring (bicyclic) bond motifs is 1. The van der Waals surface area contributed by atoms with Gasteiger partial charge in [-0.1, -0.05) is 18.2 Å². The number of carbonyl (C=O) groups excluding carboxylic acids is 1. The summed E-state index contributed by atoms with van der Waals surface area (Å²) in [7, 11) is 0. The minimum absolute atomic E-state index is 0.180. The van der Waals surface area contributed by atoms with Crippen LogP contribution in [0, 0.1) is 0 Å². The van der Waals surface area contributed by atoms with Gasteiger partial charge in [0.1, 0.15) is 11.4 Å². The molecule has 26 heavy (non-hydrogen) atoms. The van der Waals surface area contributed by atoms with Crippen molar-refractivity contribution >= 4 is 34.6 Å². The summed E-state index contributed by atoms with van der Waals surface area (Å²) in [6, 6.07) is 13.0. The van der Waals surface area contributed by atoms with E-state index in [4.69, 9.17) is 14.2 Å². The predicted octanol–water partition coefficient (Wildman–Crippen LogP) is 3.71. The van der Waals surface area contributed by atoms with Gasteiger partial charge in [0, 0.05) is 0 Å². The highest BCUT2D eigenvalue weighted by Gasteiger charge is 2.24. The van der Waals surface area contributed by atoms with Crippen LogP contribution in [0.3, 0.4) is 0 Å². The van der Waals surface area contributed by atoms with E-state index in [9.17, 15) is 4.79 Å². The molecule has 2 aromatic rings. The van der Waals surface area contributed by atoms with Crippen LogP contribution in [0.4, 0.5) is 5.69 Å². The van der Waals surface area contributed by atoms with Gasteiger partial charge in [0.05, 0.1) is 11.5 Å². The second-order valence-corrected chi connectivity index (χ2v) is 6.53. The summed E-state index contributed by atoms with van der Waals surface area (Å²) >= 11 is 1.29. The Morgan fingerprint density at radius 3 is 2.96 bits per heavy atom. The summed E-state index contributed by atoms with van der Waals surface area (Å²) in [5.74, 6) is 1.90. The molecule has 132 valence electrons. The van der Waals surface area contributed by atoms with Crippen molar-refractivity contribution in [2.45, 2.75) is 6.92 Å². The molecule has 1 amide bonds. The van der Waals surface area contributed by atoms with Crippen LogP contribution in [-0.2, 0) is 4.79 Å². The zero-order valence-electron chi connectivity index (χ0n) is 14.0. The van der Waals surface area contributed by atoms with Crippen molar-refractivity contribution < 1.29 is 19.0 Å². The Labute approximate surface area is 154 Å². The minimum Gasteiger partial charge on any atom is -0.492 e. The number of nitrogens with one attached hydrogen (secondary N) is 1. The van der Waals surface area contributed by atoms with Crippen molar-refractivity contribution in [2.75, 3.05) is 13.4 Å². The Kier molecular flexibility index (Phi) is 4.53. The van der Waals surface area contributed by atoms with E-state index in [0.29, 0.717) is 39.6 Å². The molecule has 2 heterocycles. The first-order valence-corrected chi connectivity index (χ1v) is 8.95. The Bertz CT molecular complexity index is 924. The van der Waals surface area contributed by atoms with E-state index in [0.717, 1.165) is 5.56 Å². The van der Waals surface area contributed by atoms with Crippen LogP contribution in [0.2, 0.25) is 0 Å². The fourth-order valence-corrected chi connectivity index (χ4v) is 3.41. The SMILES string of the molecule is CCOc1ccccc1N=C1NC(=O)/C(=C/c2ccc3c(c2)OCO3)S1. The molecule has 0 radical (unpaired) electrons. The zero-order valence-corrected chi connectivity index (χ0v) is 14.8. The molecule has 0 unspecified atom stereocenters. The van der Waals surface area contributed by atoms with Crippen LogP contribution >= 0.6 is 11.8 Å². The van der Waals surface area contributed by atoms with Gasteiger partial charge in [0.15, 0.2) is 16.7 Å². The molecule has 4 rings (SSSR count). The van der Waals surface area contributed by atoms with Crippen molar-refractivity contribution in [3.05, 3.63) is 52.9 Å². The maximum atomic E-state index is 12.3. The molecule has 0 aliphatic carbocycles. The number of nitrogens with zero attached hydrogens (tertiary/aromatic N) is 1. The van der Waals surface area contributed by atoms with Gasteiger partial charge in [-0.2, -0.15) is 0 Å². The van der Waals surface area contributed by atoms with E-state index in [1.165, 1.54) is 11.8 Å². The van der Waals surface area contributed by atoms with Crippen molar-refractivity contribution in [1.29, 1.82) is 0 Å². The van der Waals surface area contributed by atoms with E-state index in [-0.39, 0.29) is 12.7 Å². The average Bonchev–Trinajstić information content (AvgIpc) is 3.23. The first-order valence-electron chi connectivity index (χ1n) is 8.14. The number of amidine groups is 1. The van der Waals surface area contributed by atoms with E-state index in [2.05, 4.69) is 10.3 Å². The molecule has 1 fully saturated rings. The summed E-state index contributed by atoms with van der Waals surface area (Å²) in [5, 5.41) is 3.31. The molecular weight excluding hydrogens is 352 g/mol. The van der Waals surface area contributed by atoms with Gasteiger partial charge in [-0.25, -0.2) is 4.99 Å². The minimum atomic E-state index is -0.180. The molecule has 2 aliphatic rings. The summed E-state index contributed by atoms with van der Waals surface area (Å²) in [5.41, 5.74) is 1.55. The molecule has 2 aromatic carbocycles. The molecule has 0 bridgehead atoms. The molecule has 0 aromatic heterocycles. The third-order valence-electron chi connectivity index (χ3n) is 3.73. The molecule has 2 aliphatic heterocycles. The number of ether oxygens (including phenoxy) is 3. The molecule has 0 atom stereocenters. The molecule has 1 saturated heterocycles. The largest absolute Gasteiger partial charge is 0.492 e. The maximum Gasteiger partial charge on any atom is 0.264 e. The number of carbonyl (C=O) groups is 1. The number of amides is 1. The van der Waals surface area contributed by atoms with Gasteiger partial charge >= 0.3 is 0 Å².